The largest absolute Gasteiger partial charge is 0.491 e. The number of nitrogens with one attached hydrogen (secondary N) is 1. The van der Waals surface area contributed by atoms with Gasteiger partial charge in [-0.3, -0.25) is 4.79 Å². The first kappa shape index (κ1) is 15.6. The number of anilines is 2. The Labute approximate surface area is 128 Å². The second-order valence-corrected chi connectivity index (χ2v) is 4.79. The molecule has 0 aliphatic heterocycles. The third-order valence-electron chi connectivity index (χ3n) is 2.80. The molecule has 0 atom stereocenters. The molecule has 3 N–H and O–H groups in total. The molecule has 1 aromatic carbocycles. The van der Waals surface area contributed by atoms with Crippen LogP contribution in [-0.2, 0) is 4.79 Å². The van der Waals surface area contributed by atoms with E-state index in [1.54, 1.807) is 31.2 Å². The molecule has 1 amide bonds. The van der Waals surface area contributed by atoms with Gasteiger partial charge >= 0.3 is 0 Å². The molecule has 0 spiro atoms. The van der Waals surface area contributed by atoms with Crippen molar-refractivity contribution in [2.75, 3.05) is 17.7 Å². The zero-order valence-electron chi connectivity index (χ0n) is 12.6. The minimum absolute atomic E-state index is 0.293. The fraction of sp³-hybridized carbons (Fsp3) is 0.250. The summed E-state index contributed by atoms with van der Waals surface area (Å²) in [7, 11) is 0. The van der Waals surface area contributed by atoms with Crippen molar-refractivity contribution in [3.05, 3.63) is 41.7 Å². The molecule has 6 nitrogen and oxygen atoms in total. The van der Waals surface area contributed by atoms with Gasteiger partial charge in [0.2, 0.25) is 5.91 Å². The van der Waals surface area contributed by atoms with Gasteiger partial charge in [-0.05, 0) is 37.1 Å². The van der Waals surface area contributed by atoms with Crippen LogP contribution in [-0.4, -0.2) is 17.7 Å². The van der Waals surface area contributed by atoms with E-state index in [0.717, 1.165) is 12.0 Å². The molecule has 1 heterocycles. The summed E-state index contributed by atoms with van der Waals surface area (Å²) in [4.78, 5) is 11.8. The number of nitrogen functional groups attached to an aromatic ring is 1. The molecule has 0 unspecified atom stereocenters. The van der Waals surface area contributed by atoms with Gasteiger partial charge in [0.05, 0.1) is 12.3 Å². The number of carbonyl (C=O) groups is 1. The lowest BCUT2D eigenvalue weighted by atomic mass is 10.1. The van der Waals surface area contributed by atoms with Gasteiger partial charge in [0, 0.05) is 12.1 Å². The highest BCUT2D eigenvalue weighted by atomic mass is 16.5. The lowest BCUT2D eigenvalue weighted by molar-refractivity contribution is -0.111. The monoisotopic (exact) mass is 301 g/mol. The first-order valence-corrected chi connectivity index (χ1v) is 7.03. The van der Waals surface area contributed by atoms with Crippen molar-refractivity contribution in [3.8, 4) is 5.75 Å². The van der Waals surface area contributed by atoms with Crippen molar-refractivity contribution in [1.82, 2.24) is 5.16 Å². The SMILES string of the molecule is CCCOc1ccc(/C=C\C(=O)Nc2cc(C)on2)cc1N. The lowest BCUT2D eigenvalue weighted by Crippen LogP contribution is -2.07. The van der Waals surface area contributed by atoms with Gasteiger partial charge < -0.3 is 20.3 Å². The number of hydrogen-bond acceptors (Lipinski definition) is 5. The van der Waals surface area contributed by atoms with Crippen molar-refractivity contribution < 1.29 is 14.1 Å². The number of hydrogen-bond donors (Lipinski definition) is 2. The first-order chi connectivity index (χ1) is 10.6. The Hall–Kier alpha value is -2.76. The fourth-order valence-corrected chi connectivity index (χ4v) is 1.78. The molecule has 0 radical (unpaired) electrons. The van der Waals surface area contributed by atoms with Crippen LogP contribution in [0.4, 0.5) is 11.5 Å². The first-order valence-electron chi connectivity index (χ1n) is 7.03. The predicted octanol–water partition coefficient (Wildman–Crippen LogP) is 3.01. The van der Waals surface area contributed by atoms with Gasteiger partial charge in [-0.25, -0.2) is 0 Å². The van der Waals surface area contributed by atoms with Crippen molar-refractivity contribution in [3.63, 3.8) is 0 Å². The Morgan fingerprint density at radius 1 is 1.45 bits per heavy atom. The van der Waals surface area contributed by atoms with Gasteiger partial charge in [0.15, 0.2) is 5.82 Å². The normalized spacial score (nSPS) is 10.8. The summed E-state index contributed by atoms with van der Waals surface area (Å²) in [5, 5.41) is 6.29. The van der Waals surface area contributed by atoms with E-state index in [9.17, 15) is 4.79 Å². The van der Waals surface area contributed by atoms with Gasteiger partial charge in [0.1, 0.15) is 11.5 Å². The smallest absolute Gasteiger partial charge is 0.249 e. The van der Waals surface area contributed by atoms with Crippen LogP contribution in [0.15, 0.2) is 34.9 Å². The van der Waals surface area contributed by atoms with Crippen molar-refractivity contribution in [2.45, 2.75) is 20.3 Å². The van der Waals surface area contributed by atoms with Crippen LogP contribution in [0.1, 0.15) is 24.7 Å². The van der Waals surface area contributed by atoms with Gasteiger partial charge in [-0.2, -0.15) is 0 Å². The molecule has 0 bridgehead atoms. The van der Waals surface area contributed by atoms with Crippen LogP contribution >= 0.6 is 0 Å². The summed E-state index contributed by atoms with van der Waals surface area (Å²) in [6, 6.07) is 7.04. The number of benzene rings is 1. The molecule has 0 fully saturated rings. The summed E-state index contributed by atoms with van der Waals surface area (Å²) in [6.45, 7) is 4.41. The van der Waals surface area contributed by atoms with Gasteiger partial charge in [-0.1, -0.05) is 18.1 Å². The topological polar surface area (TPSA) is 90.4 Å². The molecular formula is C16H19N3O3. The van der Waals surface area contributed by atoms with Crippen LogP contribution < -0.4 is 15.8 Å². The average molecular weight is 301 g/mol. The Bertz CT molecular complexity index is 677. The Morgan fingerprint density at radius 3 is 2.91 bits per heavy atom. The van der Waals surface area contributed by atoms with Crippen molar-refractivity contribution in [2.24, 2.45) is 0 Å². The van der Waals surface area contributed by atoms with Crippen LogP contribution in [0.25, 0.3) is 6.08 Å². The second-order valence-electron chi connectivity index (χ2n) is 4.79. The van der Waals surface area contributed by atoms with E-state index in [1.807, 2.05) is 13.0 Å². The maximum Gasteiger partial charge on any atom is 0.249 e. The zero-order valence-corrected chi connectivity index (χ0v) is 12.6. The highest BCUT2D eigenvalue weighted by molar-refractivity contribution is 6.01. The van der Waals surface area contributed by atoms with E-state index in [0.29, 0.717) is 29.6 Å². The highest BCUT2D eigenvalue weighted by Crippen LogP contribution is 2.23. The number of amides is 1. The quantitative estimate of drug-likeness (QED) is 0.632. The Morgan fingerprint density at radius 2 is 2.27 bits per heavy atom. The van der Waals surface area contributed by atoms with E-state index < -0.39 is 0 Å². The van der Waals surface area contributed by atoms with E-state index in [-0.39, 0.29) is 5.91 Å². The van der Waals surface area contributed by atoms with E-state index in [4.69, 9.17) is 15.0 Å². The van der Waals surface area contributed by atoms with E-state index >= 15 is 0 Å². The number of rotatable bonds is 6. The molecule has 6 heteroatoms. The van der Waals surface area contributed by atoms with Crippen LogP contribution in [0.2, 0.25) is 0 Å². The standard InChI is InChI=1S/C16H19N3O3/c1-3-8-21-14-6-4-12(10-13(14)17)5-7-16(20)18-15-9-11(2)22-19-15/h4-7,9-10H,3,8,17H2,1-2H3,(H,18,19,20)/b7-5-. The molecule has 0 aliphatic rings. The molecule has 1 aromatic heterocycles. The average Bonchev–Trinajstić information content (AvgIpc) is 2.89. The maximum atomic E-state index is 11.8. The van der Waals surface area contributed by atoms with E-state index in [2.05, 4.69) is 10.5 Å². The molecule has 2 aromatic rings. The molecule has 0 saturated carbocycles. The molecule has 116 valence electrons. The second kappa shape index (κ2) is 7.31. The Kier molecular flexibility index (Phi) is 5.19. The summed E-state index contributed by atoms with van der Waals surface area (Å²) in [5.41, 5.74) is 7.27. The lowest BCUT2D eigenvalue weighted by Gasteiger charge is -2.08. The molecular weight excluding hydrogens is 282 g/mol. The van der Waals surface area contributed by atoms with Crippen LogP contribution in [0.3, 0.4) is 0 Å². The third-order valence-corrected chi connectivity index (χ3v) is 2.80. The number of aryl methyl sites for hydroxylation is 1. The minimum Gasteiger partial charge on any atom is -0.491 e. The summed E-state index contributed by atoms with van der Waals surface area (Å²) < 4.78 is 10.4. The third kappa shape index (κ3) is 4.37. The molecule has 22 heavy (non-hydrogen) atoms. The molecule has 2 rings (SSSR count). The number of nitrogens with two attached hydrogens (primary N) is 1. The summed E-state index contributed by atoms with van der Waals surface area (Å²) >= 11 is 0. The zero-order chi connectivity index (χ0) is 15.9. The van der Waals surface area contributed by atoms with Crippen LogP contribution in [0.5, 0.6) is 5.75 Å². The van der Waals surface area contributed by atoms with Crippen LogP contribution in [0, 0.1) is 6.92 Å². The fourth-order valence-electron chi connectivity index (χ4n) is 1.78. The van der Waals surface area contributed by atoms with Crippen molar-refractivity contribution >= 4 is 23.5 Å². The minimum atomic E-state index is -0.293. The number of aromatic nitrogens is 1. The number of carbonyl (C=O) groups excluding carboxylic acids is 1. The summed E-state index contributed by atoms with van der Waals surface area (Å²) in [6.07, 6.45) is 4.00. The highest BCUT2D eigenvalue weighted by Gasteiger charge is 2.04. The number of ether oxygens (including phenoxy) is 1. The van der Waals surface area contributed by atoms with Crippen molar-refractivity contribution in [1.29, 1.82) is 0 Å². The van der Waals surface area contributed by atoms with Gasteiger partial charge in [0.25, 0.3) is 0 Å². The Balaban J connectivity index is 1.97. The maximum absolute atomic E-state index is 11.8. The van der Waals surface area contributed by atoms with E-state index in [1.165, 1.54) is 6.08 Å². The molecule has 0 saturated heterocycles. The number of nitrogens with zero attached hydrogens (tertiary/aromatic N) is 1. The predicted molar refractivity (Wildman–Crippen MR) is 85.5 cm³/mol. The summed E-state index contributed by atoms with van der Waals surface area (Å²) in [5.74, 6) is 1.38. The van der Waals surface area contributed by atoms with Gasteiger partial charge in [-0.15, -0.1) is 0 Å². The molecule has 0 aliphatic carbocycles.